The number of hydrogen-bond acceptors (Lipinski definition) is 0. The van der Waals surface area contributed by atoms with E-state index in [0.717, 1.165) is 0 Å². The second-order valence-electron chi connectivity index (χ2n) is 0. The molecule has 6 heteroatoms. The van der Waals surface area contributed by atoms with Gasteiger partial charge in [0.05, 0.1) is 15.7 Å². The van der Waals surface area contributed by atoms with Gasteiger partial charge in [-0.15, -0.1) is 0 Å². The molecule has 0 aliphatic heterocycles. The van der Waals surface area contributed by atoms with Gasteiger partial charge in [-0.2, -0.15) is 0 Å². The van der Waals surface area contributed by atoms with Crippen LogP contribution in [0, 0.1) is 14.9 Å². The van der Waals surface area contributed by atoms with Gasteiger partial charge in [0.1, 0.15) is 0 Å². The summed E-state index contributed by atoms with van der Waals surface area (Å²) in [4.78, 5) is 0. The summed E-state index contributed by atoms with van der Waals surface area (Å²) in [6, 6.07) is 0. The van der Waals surface area contributed by atoms with Gasteiger partial charge in [0, 0.05) is 55.1 Å². The Bertz CT molecular complexity index is 18.4. The molecular formula is C5H16B4VW-2. The maximum Gasteiger partial charge on any atom is 0.0606 e. The van der Waals surface area contributed by atoms with Gasteiger partial charge in [-0.05, 0) is 0 Å². The van der Waals surface area contributed by atoms with Crippen LogP contribution in [-0.2, 0) is 39.6 Å². The average Bonchev–Trinajstić information content (AvgIpc) is 1.81. The summed E-state index contributed by atoms with van der Waals surface area (Å²) >= 11 is 0. The van der Waals surface area contributed by atoms with Gasteiger partial charge >= 0.3 is 0 Å². The Labute approximate surface area is 106 Å². The molecular weight excluding hydrogens is 338 g/mol. The van der Waals surface area contributed by atoms with E-state index in [0.29, 0.717) is 0 Å². The maximum atomic E-state index is 4.50. The topological polar surface area (TPSA) is 0 Å². The van der Waals surface area contributed by atoms with Gasteiger partial charge in [0.2, 0.25) is 0 Å². The summed E-state index contributed by atoms with van der Waals surface area (Å²) < 4.78 is 0. The molecule has 0 aliphatic rings. The molecule has 0 spiro atoms. The number of rotatable bonds is 0. The van der Waals surface area contributed by atoms with Crippen molar-refractivity contribution in [3.05, 3.63) is 14.9 Å². The first-order valence-electron chi connectivity index (χ1n) is 1.49. The Morgan fingerprint density at radius 1 is 0.727 bits per heavy atom. The normalized spacial score (nSPS) is 1.27. The first-order chi connectivity index (χ1) is 3.00. The molecule has 9 radical (unpaired) electrons. The van der Waals surface area contributed by atoms with Crippen molar-refractivity contribution in [1.29, 1.82) is 0 Å². The largest absolute Gasteiger partial charge is 0.358 e. The minimum Gasteiger partial charge on any atom is -0.358 e. The first kappa shape index (κ1) is 81.1. The fourth-order valence-corrected chi connectivity index (χ4v) is 0. The van der Waals surface area contributed by atoms with E-state index in [9.17, 15) is 0 Å². The van der Waals surface area contributed by atoms with Crippen LogP contribution in [-0.4, -0.2) is 31.2 Å². The predicted molar refractivity (Wildman–Crippen MR) is 54.3 cm³/mol. The van der Waals surface area contributed by atoms with Gasteiger partial charge < -0.3 is 14.9 Å². The summed E-state index contributed by atoms with van der Waals surface area (Å²) in [7, 11) is 17.0. The maximum absolute atomic E-state index is 4.50. The van der Waals surface area contributed by atoms with Crippen LogP contribution in [0.1, 0.15) is 7.43 Å². The average molecular weight is 354 g/mol. The van der Waals surface area contributed by atoms with Crippen LogP contribution in [0.25, 0.3) is 0 Å². The quantitative estimate of drug-likeness (QED) is 0.453. The third kappa shape index (κ3) is 446. The molecule has 0 bridgehead atoms. The summed E-state index contributed by atoms with van der Waals surface area (Å²) in [5, 5.41) is 0. The van der Waals surface area contributed by atoms with Crippen molar-refractivity contribution in [2.24, 2.45) is 0 Å². The molecule has 11 heavy (non-hydrogen) atoms. The van der Waals surface area contributed by atoms with Crippen LogP contribution in [0.15, 0.2) is 0 Å². The molecule has 0 atom stereocenters. The Kier molecular flexibility index (Phi) is 4020. The molecule has 0 fully saturated rings. The molecule has 0 rings (SSSR count). The molecule has 0 saturated carbocycles. The molecule has 0 amide bonds. The summed E-state index contributed by atoms with van der Waals surface area (Å²) in [6.45, 7) is 3.00. The van der Waals surface area contributed by atoms with Crippen molar-refractivity contribution in [3.63, 3.8) is 0 Å². The van der Waals surface area contributed by atoms with Crippen LogP contribution in [0.4, 0.5) is 0 Å². The second kappa shape index (κ2) is 545. The fourth-order valence-electron chi connectivity index (χ4n) is 0. The van der Waals surface area contributed by atoms with E-state index in [-0.39, 0.29) is 61.9 Å². The fraction of sp³-hybridized carbons (Fsp3) is 0.600. The molecule has 0 aliphatic carbocycles. The van der Waals surface area contributed by atoms with E-state index in [2.05, 4.69) is 31.2 Å². The van der Waals surface area contributed by atoms with Crippen LogP contribution < -0.4 is 0 Å². The Morgan fingerprint density at radius 2 is 0.727 bits per heavy atom. The van der Waals surface area contributed by atoms with Crippen molar-refractivity contribution < 1.29 is 39.6 Å². The van der Waals surface area contributed by atoms with Crippen LogP contribution in [0.3, 0.4) is 0 Å². The third-order valence-corrected chi connectivity index (χ3v) is 0. The minimum atomic E-state index is 0. The minimum absolute atomic E-state index is 0. The van der Waals surface area contributed by atoms with Crippen molar-refractivity contribution >= 4 is 31.2 Å². The monoisotopic (exact) mass is 355 g/mol. The molecule has 0 aromatic rings. The SMILES string of the molecule is C.[B]C.[B]C.[B][B].[CH3-].[CH3-].[V].[W]. The zero-order valence-corrected chi connectivity index (χ0v) is 11.5. The molecule has 0 nitrogen and oxygen atoms in total. The first-order valence-corrected chi connectivity index (χ1v) is 1.49. The van der Waals surface area contributed by atoms with E-state index in [1.165, 1.54) is 13.6 Å². The van der Waals surface area contributed by atoms with Crippen LogP contribution in [0.5, 0.6) is 0 Å². The van der Waals surface area contributed by atoms with Crippen molar-refractivity contribution in [2.45, 2.75) is 21.1 Å². The molecule has 61 valence electrons. The van der Waals surface area contributed by atoms with Crippen LogP contribution >= 0.6 is 0 Å². The molecule has 0 aromatic carbocycles. The smallest absolute Gasteiger partial charge is 0.0606 e. The summed E-state index contributed by atoms with van der Waals surface area (Å²) in [5.74, 6) is 0. The Hall–Kier alpha value is 1.53. The van der Waals surface area contributed by atoms with Gasteiger partial charge in [-0.25, -0.2) is 0 Å². The summed E-state index contributed by atoms with van der Waals surface area (Å²) in [5.41, 5.74) is 0. The third-order valence-electron chi connectivity index (χ3n) is 0. The van der Waals surface area contributed by atoms with Crippen molar-refractivity contribution in [1.82, 2.24) is 0 Å². The van der Waals surface area contributed by atoms with E-state index >= 15 is 0 Å². The Balaban J connectivity index is -0.00000000167. The second-order valence-corrected chi connectivity index (χ2v) is 0. The molecule has 0 aromatic heterocycles. The number of hydrogen-bond donors (Lipinski definition) is 0. The Morgan fingerprint density at radius 3 is 0.727 bits per heavy atom. The van der Waals surface area contributed by atoms with Gasteiger partial charge in [0.25, 0.3) is 0 Å². The molecule has 0 heterocycles. The van der Waals surface area contributed by atoms with Gasteiger partial charge in [-0.3, -0.25) is 0 Å². The van der Waals surface area contributed by atoms with Crippen molar-refractivity contribution in [2.75, 3.05) is 0 Å². The predicted octanol–water partition coefficient (Wildman–Crippen LogP) is 1.18. The standard InChI is InChI=1S/2CH3B.CH4.2CH3.B2.V.W/c2*1-2;;;;1-2;;/h2*1H3;1H4;2*1H3;;;/q;;;2*-1;;;. The summed E-state index contributed by atoms with van der Waals surface area (Å²) in [6.07, 6.45) is 0. The molecule has 0 N–H and O–H groups in total. The molecule has 0 saturated heterocycles. The van der Waals surface area contributed by atoms with Crippen LogP contribution in [0.2, 0.25) is 13.6 Å². The zero-order chi connectivity index (χ0) is 6.00. The van der Waals surface area contributed by atoms with E-state index in [1.807, 2.05) is 0 Å². The molecule has 0 unspecified atom stereocenters. The zero-order valence-electron chi connectivity index (χ0n) is 7.16. The van der Waals surface area contributed by atoms with Gasteiger partial charge in [0.15, 0.2) is 0 Å². The van der Waals surface area contributed by atoms with E-state index in [1.54, 1.807) is 0 Å². The van der Waals surface area contributed by atoms with E-state index < -0.39 is 0 Å². The van der Waals surface area contributed by atoms with E-state index in [4.69, 9.17) is 0 Å². The van der Waals surface area contributed by atoms with Crippen molar-refractivity contribution in [3.8, 4) is 0 Å². The van der Waals surface area contributed by atoms with Gasteiger partial charge in [-0.1, -0.05) is 21.1 Å².